The SMILES string of the molecule is CC(C)(C)OC(=O)NCCC[C@@H]1CCCC[C@@H]1OC(=O)OCC=O. The van der Waals surface area contributed by atoms with Gasteiger partial charge in [0.15, 0.2) is 12.9 Å². The van der Waals surface area contributed by atoms with E-state index in [1.54, 1.807) is 0 Å². The summed E-state index contributed by atoms with van der Waals surface area (Å²) in [6, 6.07) is 0. The first-order valence-corrected chi connectivity index (χ1v) is 8.55. The van der Waals surface area contributed by atoms with Gasteiger partial charge in [-0.15, -0.1) is 0 Å². The zero-order valence-corrected chi connectivity index (χ0v) is 14.8. The molecule has 1 saturated carbocycles. The van der Waals surface area contributed by atoms with Crippen LogP contribution in [0.1, 0.15) is 59.3 Å². The van der Waals surface area contributed by atoms with Gasteiger partial charge >= 0.3 is 12.2 Å². The minimum Gasteiger partial charge on any atom is -0.444 e. The van der Waals surface area contributed by atoms with Crippen LogP contribution in [-0.4, -0.2) is 43.4 Å². The van der Waals surface area contributed by atoms with Gasteiger partial charge in [0.05, 0.1) is 0 Å². The number of aldehydes is 1. The molecule has 0 heterocycles. The number of alkyl carbamates (subject to hydrolysis) is 1. The zero-order chi connectivity index (χ0) is 18.0. The van der Waals surface area contributed by atoms with Gasteiger partial charge in [-0.3, -0.25) is 4.79 Å². The van der Waals surface area contributed by atoms with E-state index in [1.165, 1.54) is 0 Å². The number of ether oxygens (including phenoxy) is 3. The Morgan fingerprint density at radius 1 is 1.21 bits per heavy atom. The summed E-state index contributed by atoms with van der Waals surface area (Å²) in [4.78, 5) is 33.3. The second-order valence-corrected chi connectivity index (χ2v) is 7.00. The lowest BCUT2D eigenvalue weighted by Gasteiger charge is -2.30. The van der Waals surface area contributed by atoms with Crippen LogP contribution in [0.25, 0.3) is 0 Å². The van der Waals surface area contributed by atoms with Crippen LogP contribution < -0.4 is 5.32 Å². The molecule has 138 valence electrons. The summed E-state index contributed by atoms with van der Waals surface area (Å²) in [5, 5.41) is 2.73. The minimum atomic E-state index is -0.786. The van der Waals surface area contributed by atoms with Crippen LogP contribution in [0.3, 0.4) is 0 Å². The van der Waals surface area contributed by atoms with Gasteiger partial charge in [0.1, 0.15) is 11.7 Å². The van der Waals surface area contributed by atoms with E-state index in [-0.39, 0.29) is 18.6 Å². The number of carbonyl (C=O) groups excluding carboxylic acids is 3. The lowest BCUT2D eigenvalue weighted by Crippen LogP contribution is -2.34. The van der Waals surface area contributed by atoms with Gasteiger partial charge in [-0.1, -0.05) is 6.42 Å². The molecule has 24 heavy (non-hydrogen) atoms. The van der Waals surface area contributed by atoms with Gasteiger partial charge in [0, 0.05) is 6.54 Å². The maximum atomic E-state index is 11.6. The summed E-state index contributed by atoms with van der Waals surface area (Å²) in [5.74, 6) is 0.253. The Morgan fingerprint density at radius 2 is 1.92 bits per heavy atom. The summed E-state index contributed by atoms with van der Waals surface area (Å²) in [5.41, 5.74) is -0.506. The van der Waals surface area contributed by atoms with Crippen LogP contribution in [0.4, 0.5) is 9.59 Å². The molecule has 0 aromatic carbocycles. The third kappa shape index (κ3) is 8.74. The van der Waals surface area contributed by atoms with Crippen LogP contribution in [0.15, 0.2) is 0 Å². The molecule has 7 nitrogen and oxygen atoms in total. The predicted molar refractivity (Wildman–Crippen MR) is 87.7 cm³/mol. The molecule has 0 radical (unpaired) electrons. The normalized spacial score (nSPS) is 20.8. The van der Waals surface area contributed by atoms with Crippen molar-refractivity contribution in [1.29, 1.82) is 0 Å². The quantitative estimate of drug-likeness (QED) is 0.434. The second kappa shape index (κ2) is 10.2. The van der Waals surface area contributed by atoms with Crippen LogP contribution in [0.5, 0.6) is 0 Å². The van der Waals surface area contributed by atoms with Crippen molar-refractivity contribution in [2.75, 3.05) is 13.2 Å². The Kier molecular flexibility index (Phi) is 8.57. The van der Waals surface area contributed by atoms with E-state index < -0.39 is 17.8 Å². The van der Waals surface area contributed by atoms with Gasteiger partial charge in [-0.05, 0) is 58.8 Å². The maximum Gasteiger partial charge on any atom is 0.508 e. The van der Waals surface area contributed by atoms with E-state index in [0.717, 1.165) is 38.5 Å². The fourth-order valence-electron chi connectivity index (χ4n) is 2.79. The van der Waals surface area contributed by atoms with Crippen molar-refractivity contribution in [3.8, 4) is 0 Å². The zero-order valence-electron chi connectivity index (χ0n) is 14.8. The van der Waals surface area contributed by atoms with Gasteiger partial charge < -0.3 is 19.5 Å². The molecule has 0 bridgehead atoms. The summed E-state index contributed by atoms with van der Waals surface area (Å²) in [7, 11) is 0. The van der Waals surface area contributed by atoms with Crippen LogP contribution >= 0.6 is 0 Å². The fraction of sp³-hybridized carbons (Fsp3) is 0.824. The van der Waals surface area contributed by atoms with Gasteiger partial charge in [-0.25, -0.2) is 9.59 Å². The lowest BCUT2D eigenvalue weighted by atomic mass is 9.83. The van der Waals surface area contributed by atoms with Crippen molar-refractivity contribution in [2.45, 2.75) is 71.0 Å². The average Bonchev–Trinajstić information content (AvgIpc) is 2.49. The molecule has 1 aliphatic rings. The van der Waals surface area contributed by atoms with Crippen LogP contribution in [0, 0.1) is 5.92 Å². The van der Waals surface area contributed by atoms with E-state index in [0.29, 0.717) is 12.8 Å². The molecule has 7 heteroatoms. The molecule has 0 aromatic heterocycles. The van der Waals surface area contributed by atoms with Crippen molar-refractivity contribution in [3.63, 3.8) is 0 Å². The Labute approximate surface area is 143 Å². The summed E-state index contributed by atoms with van der Waals surface area (Å²) in [6.07, 6.45) is 4.67. The molecule has 1 amide bonds. The predicted octanol–water partition coefficient (Wildman–Crippen LogP) is 3.20. The van der Waals surface area contributed by atoms with Gasteiger partial charge in [0.25, 0.3) is 0 Å². The molecular weight excluding hydrogens is 314 g/mol. The third-order valence-electron chi connectivity index (χ3n) is 3.78. The summed E-state index contributed by atoms with van der Waals surface area (Å²) >= 11 is 0. The van der Waals surface area contributed by atoms with Crippen molar-refractivity contribution in [1.82, 2.24) is 5.32 Å². The Morgan fingerprint density at radius 3 is 2.58 bits per heavy atom. The number of nitrogens with one attached hydrogen (secondary N) is 1. The highest BCUT2D eigenvalue weighted by Crippen LogP contribution is 2.30. The van der Waals surface area contributed by atoms with E-state index in [9.17, 15) is 14.4 Å². The minimum absolute atomic E-state index is 0.181. The van der Waals surface area contributed by atoms with E-state index >= 15 is 0 Å². The molecule has 0 saturated heterocycles. The Hall–Kier alpha value is -1.79. The highest BCUT2D eigenvalue weighted by molar-refractivity contribution is 5.67. The number of carbonyl (C=O) groups is 3. The first-order valence-electron chi connectivity index (χ1n) is 8.55. The smallest absolute Gasteiger partial charge is 0.444 e. The Bertz CT molecular complexity index is 418. The first kappa shape index (κ1) is 20.3. The molecule has 0 aromatic rings. The fourth-order valence-corrected chi connectivity index (χ4v) is 2.79. The molecule has 0 unspecified atom stereocenters. The number of amides is 1. The topological polar surface area (TPSA) is 90.9 Å². The molecular formula is C17H29NO6. The van der Waals surface area contributed by atoms with Gasteiger partial charge in [0.2, 0.25) is 0 Å². The van der Waals surface area contributed by atoms with E-state index in [4.69, 9.17) is 9.47 Å². The number of rotatable bonds is 7. The first-order chi connectivity index (χ1) is 11.3. The average molecular weight is 343 g/mol. The van der Waals surface area contributed by atoms with Crippen molar-refractivity contribution >= 4 is 18.5 Å². The number of hydrogen-bond acceptors (Lipinski definition) is 6. The maximum absolute atomic E-state index is 11.6. The molecule has 1 aliphatic carbocycles. The van der Waals surface area contributed by atoms with E-state index in [2.05, 4.69) is 10.1 Å². The van der Waals surface area contributed by atoms with Crippen LogP contribution in [0.2, 0.25) is 0 Å². The molecule has 1 rings (SSSR count). The Balaban J connectivity index is 2.29. The second-order valence-electron chi connectivity index (χ2n) is 7.00. The third-order valence-corrected chi connectivity index (χ3v) is 3.78. The number of hydrogen-bond donors (Lipinski definition) is 1. The summed E-state index contributed by atoms with van der Waals surface area (Å²) in [6.45, 7) is 5.70. The lowest BCUT2D eigenvalue weighted by molar-refractivity contribution is -0.111. The molecule has 1 fully saturated rings. The highest BCUT2D eigenvalue weighted by atomic mass is 16.7. The van der Waals surface area contributed by atoms with Crippen molar-refractivity contribution < 1.29 is 28.6 Å². The molecule has 0 aliphatic heterocycles. The van der Waals surface area contributed by atoms with Crippen molar-refractivity contribution in [2.24, 2.45) is 5.92 Å². The highest BCUT2D eigenvalue weighted by Gasteiger charge is 2.28. The largest absolute Gasteiger partial charge is 0.508 e. The van der Waals surface area contributed by atoms with Gasteiger partial charge in [-0.2, -0.15) is 0 Å². The molecule has 0 spiro atoms. The molecule has 1 N–H and O–H groups in total. The molecule has 2 atom stereocenters. The van der Waals surface area contributed by atoms with Crippen LogP contribution in [-0.2, 0) is 19.0 Å². The standard InChI is InChI=1S/C17H29NO6/c1-17(2,3)24-15(20)18-10-6-8-13-7-4-5-9-14(13)23-16(21)22-12-11-19/h11,13-14H,4-10,12H2,1-3H3,(H,18,20)/t13-,14-/m0/s1. The van der Waals surface area contributed by atoms with E-state index in [1.807, 2.05) is 20.8 Å². The summed E-state index contributed by atoms with van der Waals surface area (Å²) < 4.78 is 15.1. The monoisotopic (exact) mass is 343 g/mol. The van der Waals surface area contributed by atoms with Crippen molar-refractivity contribution in [3.05, 3.63) is 0 Å².